The summed E-state index contributed by atoms with van der Waals surface area (Å²) in [5.74, 6) is -0.631. The van der Waals surface area contributed by atoms with Crippen LogP contribution in [0.1, 0.15) is 46.6 Å². The Balaban J connectivity index is 2.14. The molecular formula is C32H39Cl2N3O5S2. The molecule has 238 valence electrons. The number of hydrogen-bond donors (Lipinski definition) is 1. The fraction of sp³-hybridized carbons (Fsp3) is 0.375. The number of ether oxygens (including phenoxy) is 1. The van der Waals surface area contributed by atoms with E-state index in [1.165, 1.54) is 28.8 Å². The van der Waals surface area contributed by atoms with Crippen LogP contribution in [0.15, 0.2) is 76.5 Å². The number of sulfonamides is 1. The van der Waals surface area contributed by atoms with Gasteiger partial charge in [-0.1, -0.05) is 48.3 Å². The van der Waals surface area contributed by atoms with Crippen molar-refractivity contribution in [2.45, 2.75) is 69.0 Å². The lowest BCUT2D eigenvalue weighted by Gasteiger charge is -2.35. The highest BCUT2D eigenvalue weighted by Crippen LogP contribution is 2.33. The van der Waals surface area contributed by atoms with Crippen LogP contribution in [0.4, 0.5) is 5.69 Å². The Morgan fingerprint density at radius 3 is 2.20 bits per heavy atom. The Kier molecular flexibility index (Phi) is 12.4. The van der Waals surface area contributed by atoms with Crippen molar-refractivity contribution in [2.75, 3.05) is 23.7 Å². The van der Waals surface area contributed by atoms with Crippen LogP contribution < -0.4 is 14.4 Å². The summed E-state index contributed by atoms with van der Waals surface area (Å²) in [6.45, 7) is 8.84. The molecule has 1 N–H and O–H groups in total. The third-order valence-corrected chi connectivity index (χ3v) is 9.84. The van der Waals surface area contributed by atoms with Crippen molar-refractivity contribution in [3.05, 3.63) is 82.3 Å². The molecule has 2 amide bonds. The number of amides is 2. The third kappa shape index (κ3) is 9.06. The summed E-state index contributed by atoms with van der Waals surface area (Å²) in [5.41, 5.74) is 0.280. The molecule has 0 fully saturated rings. The Bertz CT molecular complexity index is 1560. The molecule has 3 aromatic rings. The quantitative estimate of drug-likeness (QED) is 0.195. The third-order valence-electron chi connectivity index (χ3n) is 6.58. The fourth-order valence-electron chi connectivity index (χ4n) is 4.54. The highest BCUT2D eigenvalue weighted by molar-refractivity contribution is 7.98. The van der Waals surface area contributed by atoms with Crippen LogP contribution in [-0.4, -0.2) is 56.1 Å². The van der Waals surface area contributed by atoms with Crippen molar-refractivity contribution in [1.29, 1.82) is 0 Å². The van der Waals surface area contributed by atoms with E-state index in [1.54, 1.807) is 68.4 Å². The summed E-state index contributed by atoms with van der Waals surface area (Å²) in [7, 11) is -4.26. The number of hydrogen-bond acceptors (Lipinski definition) is 6. The number of carbonyl (C=O) groups is 2. The number of carbonyl (C=O) groups excluding carboxylic acids is 2. The molecule has 0 aromatic heterocycles. The maximum absolute atomic E-state index is 14.3. The minimum atomic E-state index is -4.26. The number of anilines is 1. The summed E-state index contributed by atoms with van der Waals surface area (Å²) in [5, 5.41) is 3.60. The molecule has 0 aliphatic rings. The number of nitrogens with one attached hydrogen (secondary N) is 1. The molecule has 3 rings (SSSR count). The molecule has 1 atom stereocenters. The summed E-state index contributed by atoms with van der Waals surface area (Å²) in [4.78, 5) is 30.2. The second-order valence-electron chi connectivity index (χ2n) is 11.0. The second kappa shape index (κ2) is 15.4. The van der Waals surface area contributed by atoms with E-state index in [1.807, 2.05) is 27.0 Å². The first-order valence-electron chi connectivity index (χ1n) is 14.2. The lowest BCUT2D eigenvalue weighted by atomic mass is 10.1. The van der Waals surface area contributed by atoms with Gasteiger partial charge in [0.2, 0.25) is 11.8 Å². The number of halogens is 2. The van der Waals surface area contributed by atoms with Crippen LogP contribution in [0, 0.1) is 0 Å². The average molecular weight is 681 g/mol. The molecule has 0 aliphatic carbocycles. The zero-order valence-corrected chi connectivity index (χ0v) is 28.9. The predicted octanol–water partition coefficient (Wildman–Crippen LogP) is 7.03. The first-order valence-corrected chi connectivity index (χ1v) is 17.6. The zero-order chi connectivity index (χ0) is 32.7. The van der Waals surface area contributed by atoms with Crippen LogP contribution >= 0.6 is 35.0 Å². The van der Waals surface area contributed by atoms with Gasteiger partial charge >= 0.3 is 0 Å². The Labute approximate surface area is 275 Å². The molecule has 0 radical (unpaired) electrons. The van der Waals surface area contributed by atoms with E-state index in [0.717, 1.165) is 9.20 Å². The van der Waals surface area contributed by atoms with Crippen molar-refractivity contribution in [3.8, 4) is 5.75 Å². The molecule has 0 saturated heterocycles. The number of nitrogens with zero attached hydrogens (tertiary/aromatic N) is 2. The van der Waals surface area contributed by atoms with E-state index < -0.39 is 34.1 Å². The standard InChI is InChI=1S/C32H39Cl2N3O5S2/c1-7-27(31(39)35-32(3,4)5)36(20-22-13-18-25(33)26(34)19-22)30(38)21-37(28-11-9-10-12-29(28)42-8-2)44(40,41)24-16-14-23(43-6)15-17-24/h9-19,27H,7-8,20-21H2,1-6H3,(H,35,39)/t27-/m1/s1. The maximum Gasteiger partial charge on any atom is 0.264 e. The molecule has 0 unspecified atom stereocenters. The van der Waals surface area contributed by atoms with Gasteiger partial charge in [0.25, 0.3) is 10.0 Å². The smallest absolute Gasteiger partial charge is 0.264 e. The Morgan fingerprint density at radius 2 is 1.64 bits per heavy atom. The predicted molar refractivity (Wildman–Crippen MR) is 179 cm³/mol. The first-order chi connectivity index (χ1) is 20.7. The molecule has 0 spiro atoms. The van der Waals surface area contributed by atoms with Crippen LogP contribution in [0.25, 0.3) is 0 Å². The van der Waals surface area contributed by atoms with Gasteiger partial charge in [0.05, 0.1) is 27.2 Å². The number of benzene rings is 3. The molecule has 0 bridgehead atoms. The van der Waals surface area contributed by atoms with Gasteiger partial charge in [-0.05, 0) is 94.5 Å². The summed E-state index contributed by atoms with van der Waals surface area (Å²) in [6.07, 6.45) is 2.18. The van der Waals surface area contributed by atoms with Crippen molar-refractivity contribution >= 4 is 62.5 Å². The van der Waals surface area contributed by atoms with Gasteiger partial charge in [-0.2, -0.15) is 0 Å². The topological polar surface area (TPSA) is 96.0 Å². The van der Waals surface area contributed by atoms with Gasteiger partial charge in [0, 0.05) is 17.0 Å². The SMILES string of the molecule is CCOc1ccccc1N(CC(=O)N(Cc1ccc(Cl)c(Cl)c1)[C@H](CC)C(=O)NC(C)(C)C)S(=O)(=O)c1ccc(SC)cc1. The van der Waals surface area contributed by atoms with E-state index >= 15 is 0 Å². The molecule has 0 heterocycles. The van der Waals surface area contributed by atoms with E-state index in [-0.39, 0.29) is 36.1 Å². The van der Waals surface area contributed by atoms with Gasteiger partial charge in [0.1, 0.15) is 18.3 Å². The minimum absolute atomic E-state index is 0.00476. The van der Waals surface area contributed by atoms with Crippen LogP contribution in [0.5, 0.6) is 5.75 Å². The maximum atomic E-state index is 14.3. The van der Waals surface area contributed by atoms with Crippen molar-refractivity contribution < 1.29 is 22.7 Å². The lowest BCUT2D eigenvalue weighted by Crippen LogP contribution is -2.55. The fourth-order valence-corrected chi connectivity index (χ4v) is 6.69. The molecular weight excluding hydrogens is 641 g/mol. The number of rotatable bonds is 13. The van der Waals surface area contributed by atoms with Gasteiger partial charge < -0.3 is 15.0 Å². The van der Waals surface area contributed by atoms with Gasteiger partial charge in [-0.15, -0.1) is 11.8 Å². The van der Waals surface area contributed by atoms with E-state index in [0.29, 0.717) is 21.4 Å². The highest BCUT2D eigenvalue weighted by atomic mass is 35.5. The van der Waals surface area contributed by atoms with Crippen molar-refractivity contribution in [3.63, 3.8) is 0 Å². The molecule has 12 heteroatoms. The molecule has 0 aliphatic heterocycles. The van der Waals surface area contributed by atoms with E-state index in [4.69, 9.17) is 27.9 Å². The normalized spacial score (nSPS) is 12.4. The average Bonchev–Trinajstić information content (AvgIpc) is 2.97. The van der Waals surface area contributed by atoms with Crippen molar-refractivity contribution in [1.82, 2.24) is 10.2 Å². The number of thioether (sulfide) groups is 1. The van der Waals surface area contributed by atoms with Gasteiger partial charge in [-0.25, -0.2) is 8.42 Å². The van der Waals surface area contributed by atoms with Crippen LogP contribution in [0.2, 0.25) is 10.0 Å². The second-order valence-corrected chi connectivity index (χ2v) is 14.6. The van der Waals surface area contributed by atoms with E-state index in [9.17, 15) is 18.0 Å². The molecule has 8 nitrogen and oxygen atoms in total. The summed E-state index contributed by atoms with van der Waals surface area (Å²) < 4.78 is 35.3. The zero-order valence-electron chi connectivity index (χ0n) is 25.8. The van der Waals surface area contributed by atoms with Gasteiger partial charge in [-0.3, -0.25) is 13.9 Å². The number of para-hydroxylation sites is 2. The molecule has 0 saturated carbocycles. The Hall–Kier alpha value is -2.92. The minimum Gasteiger partial charge on any atom is -0.492 e. The van der Waals surface area contributed by atoms with Crippen LogP contribution in [0.3, 0.4) is 0 Å². The molecule has 44 heavy (non-hydrogen) atoms. The van der Waals surface area contributed by atoms with Crippen LogP contribution in [-0.2, 0) is 26.2 Å². The van der Waals surface area contributed by atoms with E-state index in [2.05, 4.69) is 5.32 Å². The Morgan fingerprint density at radius 1 is 0.977 bits per heavy atom. The lowest BCUT2D eigenvalue weighted by molar-refractivity contribution is -0.141. The highest BCUT2D eigenvalue weighted by Gasteiger charge is 2.35. The monoisotopic (exact) mass is 679 g/mol. The first kappa shape index (κ1) is 35.6. The molecule has 3 aromatic carbocycles. The largest absolute Gasteiger partial charge is 0.492 e. The van der Waals surface area contributed by atoms with Gasteiger partial charge in [0.15, 0.2) is 0 Å². The van der Waals surface area contributed by atoms with Crippen molar-refractivity contribution in [2.24, 2.45) is 0 Å². The summed E-state index contributed by atoms with van der Waals surface area (Å²) in [6, 6.07) is 17.2. The summed E-state index contributed by atoms with van der Waals surface area (Å²) >= 11 is 13.9.